The Morgan fingerprint density at radius 1 is 1.34 bits per heavy atom. The Labute approximate surface area is 187 Å². The van der Waals surface area contributed by atoms with Gasteiger partial charge in [0.1, 0.15) is 17.6 Å². The van der Waals surface area contributed by atoms with E-state index in [2.05, 4.69) is 10.4 Å². The lowest BCUT2D eigenvalue weighted by Gasteiger charge is -2.14. The zero-order valence-corrected chi connectivity index (χ0v) is 19.5. The smallest absolute Gasteiger partial charge is 0.242 e. The molecule has 1 N–H and O–H groups in total. The molecule has 8 heteroatoms. The summed E-state index contributed by atoms with van der Waals surface area (Å²) >= 11 is 0. The third kappa shape index (κ3) is 3.97. The van der Waals surface area contributed by atoms with Crippen LogP contribution in [0, 0.1) is 13.8 Å². The highest BCUT2D eigenvalue weighted by Crippen LogP contribution is 2.38. The molecule has 0 bridgehead atoms. The third-order valence-electron chi connectivity index (χ3n) is 5.89. The van der Waals surface area contributed by atoms with E-state index in [9.17, 15) is 4.79 Å². The second kappa shape index (κ2) is 8.68. The minimum atomic E-state index is -0.0889. The Bertz CT molecular complexity index is 1180. The Balaban J connectivity index is 1.54. The third-order valence-corrected chi connectivity index (χ3v) is 5.89. The van der Waals surface area contributed by atoms with Gasteiger partial charge in [-0.15, -0.1) is 5.10 Å². The highest BCUT2D eigenvalue weighted by Gasteiger charge is 2.23. The molecule has 2 aromatic heterocycles. The monoisotopic (exact) mass is 438 g/mol. The molecule has 0 saturated heterocycles. The molecule has 1 amide bonds. The van der Waals surface area contributed by atoms with E-state index in [1.807, 2.05) is 46.9 Å². The maximum absolute atomic E-state index is 12.9. The summed E-state index contributed by atoms with van der Waals surface area (Å²) in [6, 6.07) is 3.84. The number of amides is 1. The van der Waals surface area contributed by atoms with Crippen LogP contribution >= 0.6 is 0 Å². The van der Waals surface area contributed by atoms with Gasteiger partial charge in [-0.25, -0.2) is 9.67 Å². The molecule has 170 valence electrons. The standard InChI is InChI=1S/C24H30N4O4/c1-7-31-20-11-16-10-13(2)32-19(16)12-18(20)26-21(29)9-8-17-14(3)22-23(25-15(17)4)28(5)27-24(22)30-6/h11-13H,7-10H2,1-6H3,(H,26,29)/t13-/m0/s1. The van der Waals surface area contributed by atoms with Crippen LogP contribution in [-0.4, -0.2) is 40.5 Å². The minimum Gasteiger partial charge on any atom is -0.492 e. The maximum Gasteiger partial charge on any atom is 0.242 e. The first kappa shape index (κ1) is 21.9. The molecule has 8 nitrogen and oxygen atoms in total. The van der Waals surface area contributed by atoms with Gasteiger partial charge in [0, 0.05) is 37.2 Å². The summed E-state index contributed by atoms with van der Waals surface area (Å²) in [5.41, 5.74) is 5.49. The van der Waals surface area contributed by atoms with Crippen LogP contribution in [0.15, 0.2) is 12.1 Å². The summed E-state index contributed by atoms with van der Waals surface area (Å²) in [5.74, 6) is 1.94. The Kier molecular flexibility index (Phi) is 5.95. The second-order valence-corrected chi connectivity index (χ2v) is 8.20. The molecule has 0 aliphatic carbocycles. The van der Waals surface area contributed by atoms with Gasteiger partial charge in [-0.3, -0.25) is 4.79 Å². The van der Waals surface area contributed by atoms with Crippen molar-refractivity contribution < 1.29 is 19.0 Å². The first-order chi connectivity index (χ1) is 15.3. The number of hydrogen-bond acceptors (Lipinski definition) is 6. The van der Waals surface area contributed by atoms with Crippen LogP contribution in [0.2, 0.25) is 0 Å². The number of nitrogens with one attached hydrogen (secondary N) is 1. The molecule has 0 saturated carbocycles. The van der Waals surface area contributed by atoms with Gasteiger partial charge < -0.3 is 19.5 Å². The van der Waals surface area contributed by atoms with Crippen LogP contribution in [0.4, 0.5) is 5.69 Å². The Morgan fingerprint density at radius 3 is 2.84 bits per heavy atom. The number of nitrogens with zero attached hydrogens (tertiary/aromatic N) is 3. The number of aryl methyl sites for hydroxylation is 3. The number of aromatic nitrogens is 3. The van der Waals surface area contributed by atoms with E-state index >= 15 is 0 Å². The number of benzene rings is 1. The van der Waals surface area contributed by atoms with E-state index in [4.69, 9.17) is 19.2 Å². The maximum atomic E-state index is 12.9. The second-order valence-electron chi connectivity index (χ2n) is 8.20. The molecule has 0 fully saturated rings. The van der Waals surface area contributed by atoms with Gasteiger partial charge >= 0.3 is 0 Å². The SMILES string of the molecule is CCOc1cc2c(cc1NC(=O)CCc1c(C)nc3c(c(OC)nn3C)c1C)O[C@@H](C)C2. The fraction of sp³-hybridized carbons (Fsp3) is 0.458. The lowest BCUT2D eigenvalue weighted by molar-refractivity contribution is -0.116. The van der Waals surface area contributed by atoms with Crippen molar-refractivity contribution in [2.24, 2.45) is 7.05 Å². The number of carbonyl (C=O) groups excluding carboxylic acids is 1. The van der Waals surface area contributed by atoms with Crippen LogP contribution in [0.25, 0.3) is 11.0 Å². The first-order valence-corrected chi connectivity index (χ1v) is 10.9. The average molecular weight is 439 g/mol. The van der Waals surface area contributed by atoms with Crippen molar-refractivity contribution in [3.05, 3.63) is 34.5 Å². The summed E-state index contributed by atoms with van der Waals surface area (Å²) in [7, 11) is 3.45. The van der Waals surface area contributed by atoms with E-state index < -0.39 is 0 Å². The molecule has 1 atom stereocenters. The van der Waals surface area contributed by atoms with Crippen molar-refractivity contribution >= 4 is 22.6 Å². The quantitative estimate of drug-likeness (QED) is 0.602. The van der Waals surface area contributed by atoms with Crippen molar-refractivity contribution in [1.29, 1.82) is 0 Å². The number of rotatable bonds is 7. The molecular weight excluding hydrogens is 408 g/mol. The fourth-order valence-corrected chi connectivity index (χ4v) is 4.37. The molecule has 0 spiro atoms. The zero-order chi connectivity index (χ0) is 23.0. The molecule has 1 aromatic carbocycles. The van der Waals surface area contributed by atoms with E-state index in [1.165, 1.54) is 0 Å². The minimum absolute atomic E-state index is 0.0889. The number of carbonyl (C=O) groups is 1. The number of pyridine rings is 1. The predicted molar refractivity (Wildman–Crippen MR) is 123 cm³/mol. The van der Waals surface area contributed by atoms with Gasteiger partial charge in [0.15, 0.2) is 5.65 Å². The van der Waals surface area contributed by atoms with Crippen LogP contribution in [-0.2, 0) is 24.7 Å². The van der Waals surface area contributed by atoms with E-state index in [-0.39, 0.29) is 12.0 Å². The topological polar surface area (TPSA) is 87.5 Å². The van der Waals surface area contributed by atoms with Gasteiger partial charge in [0.2, 0.25) is 11.8 Å². The van der Waals surface area contributed by atoms with E-state index in [0.717, 1.165) is 45.6 Å². The lowest BCUT2D eigenvalue weighted by Crippen LogP contribution is -2.14. The molecule has 0 unspecified atom stereocenters. The first-order valence-electron chi connectivity index (χ1n) is 10.9. The number of methoxy groups -OCH3 is 1. The van der Waals surface area contributed by atoms with Gasteiger partial charge in [0.25, 0.3) is 0 Å². The summed E-state index contributed by atoms with van der Waals surface area (Å²) in [6.45, 7) is 8.48. The molecule has 4 rings (SSSR count). The van der Waals surface area contributed by atoms with Gasteiger partial charge in [-0.05, 0) is 51.3 Å². The molecule has 3 heterocycles. The normalized spacial score (nSPS) is 14.9. The van der Waals surface area contributed by atoms with Crippen molar-refractivity contribution in [1.82, 2.24) is 14.8 Å². The van der Waals surface area contributed by atoms with Crippen LogP contribution in [0.5, 0.6) is 17.4 Å². The number of fused-ring (bicyclic) bond motifs is 2. The van der Waals surface area contributed by atoms with Crippen LogP contribution < -0.4 is 19.5 Å². The van der Waals surface area contributed by atoms with E-state index in [1.54, 1.807) is 11.8 Å². The van der Waals surface area contributed by atoms with Gasteiger partial charge in [-0.2, -0.15) is 0 Å². The van der Waals surface area contributed by atoms with Crippen molar-refractivity contribution in [2.45, 2.75) is 53.1 Å². The Hall–Kier alpha value is -3.29. The van der Waals surface area contributed by atoms with Crippen molar-refractivity contribution in [3.8, 4) is 17.4 Å². The highest BCUT2D eigenvalue weighted by atomic mass is 16.5. The molecule has 3 aromatic rings. The predicted octanol–water partition coefficient (Wildman–Crippen LogP) is 3.89. The number of anilines is 1. The van der Waals surface area contributed by atoms with Gasteiger partial charge in [0.05, 0.1) is 24.8 Å². The largest absolute Gasteiger partial charge is 0.492 e. The molecular formula is C24H30N4O4. The summed E-state index contributed by atoms with van der Waals surface area (Å²) < 4.78 is 18.8. The highest BCUT2D eigenvalue weighted by molar-refractivity contribution is 5.93. The average Bonchev–Trinajstić information content (AvgIpc) is 3.26. The van der Waals surface area contributed by atoms with Crippen LogP contribution in [0.3, 0.4) is 0 Å². The molecule has 0 radical (unpaired) electrons. The zero-order valence-electron chi connectivity index (χ0n) is 19.5. The number of hydrogen-bond donors (Lipinski definition) is 1. The number of ether oxygens (including phenoxy) is 3. The fourth-order valence-electron chi connectivity index (χ4n) is 4.37. The van der Waals surface area contributed by atoms with Crippen LogP contribution in [0.1, 0.15) is 42.7 Å². The van der Waals surface area contributed by atoms with Gasteiger partial charge in [-0.1, -0.05) is 0 Å². The molecule has 1 aliphatic rings. The summed E-state index contributed by atoms with van der Waals surface area (Å²) in [6.07, 6.45) is 1.85. The van der Waals surface area contributed by atoms with Crippen molar-refractivity contribution in [3.63, 3.8) is 0 Å². The Morgan fingerprint density at radius 2 is 2.12 bits per heavy atom. The summed E-state index contributed by atoms with van der Waals surface area (Å²) in [5, 5.41) is 8.29. The molecule has 1 aliphatic heterocycles. The molecule has 32 heavy (non-hydrogen) atoms. The lowest BCUT2D eigenvalue weighted by atomic mass is 10.00. The summed E-state index contributed by atoms with van der Waals surface area (Å²) in [4.78, 5) is 17.6. The van der Waals surface area contributed by atoms with E-state index in [0.29, 0.717) is 36.8 Å². The van der Waals surface area contributed by atoms with Crippen molar-refractivity contribution in [2.75, 3.05) is 19.0 Å².